The fourth-order valence-corrected chi connectivity index (χ4v) is 2.83. The van der Waals surface area contributed by atoms with Gasteiger partial charge in [0, 0.05) is 25.4 Å². The van der Waals surface area contributed by atoms with Gasteiger partial charge in [-0.05, 0) is 35.9 Å². The van der Waals surface area contributed by atoms with Crippen molar-refractivity contribution >= 4 is 17.1 Å². The summed E-state index contributed by atoms with van der Waals surface area (Å²) in [6.45, 7) is 2.08. The van der Waals surface area contributed by atoms with Gasteiger partial charge in [-0.25, -0.2) is 0 Å². The largest absolute Gasteiger partial charge is 0.293 e. The van der Waals surface area contributed by atoms with E-state index in [2.05, 4.69) is 12.0 Å². The Kier molecular flexibility index (Phi) is 3.74. The Morgan fingerprint density at radius 3 is 2.94 bits per heavy atom. The molecule has 0 aliphatic heterocycles. The molecule has 0 amide bonds. The standard InChI is InChI=1S/C13H16N2OS/c1-3-10-7-9-17-13(10)12(16)5-4-11-6-8-14-15(11)2/h6-9H,3-5H2,1-2H3. The van der Waals surface area contributed by atoms with Gasteiger partial charge in [0.2, 0.25) is 0 Å². The van der Waals surface area contributed by atoms with Crippen LogP contribution in [0.15, 0.2) is 23.7 Å². The van der Waals surface area contributed by atoms with E-state index in [1.165, 1.54) is 5.56 Å². The zero-order valence-corrected chi connectivity index (χ0v) is 11.0. The first-order valence-electron chi connectivity index (χ1n) is 5.78. The number of hydrogen-bond donors (Lipinski definition) is 0. The van der Waals surface area contributed by atoms with Crippen LogP contribution in [0.25, 0.3) is 0 Å². The van der Waals surface area contributed by atoms with Crippen molar-refractivity contribution < 1.29 is 4.79 Å². The molecule has 90 valence electrons. The molecule has 0 radical (unpaired) electrons. The minimum Gasteiger partial charge on any atom is -0.293 e. The summed E-state index contributed by atoms with van der Waals surface area (Å²) in [5, 5.41) is 6.10. The molecule has 0 spiro atoms. The zero-order valence-electron chi connectivity index (χ0n) is 10.1. The van der Waals surface area contributed by atoms with E-state index in [0.717, 1.165) is 23.4 Å². The molecule has 3 nitrogen and oxygen atoms in total. The maximum absolute atomic E-state index is 12.1. The molecule has 0 N–H and O–H groups in total. The molecule has 0 saturated carbocycles. The van der Waals surface area contributed by atoms with Gasteiger partial charge in [0.05, 0.1) is 4.88 Å². The smallest absolute Gasteiger partial charge is 0.173 e. The fourth-order valence-electron chi connectivity index (χ4n) is 1.86. The van der Waals surface area contributed by atoms with Crippen LogP contribution in [0.2, 0.25) is 0 Å². The van der Waals surface area contributed by atoms with Gasteiger partial charge in [0.25, 0.3) is 0 Å². The van der Waals surface area contributed by atoms with Gasteiger partial charge in [-0.15, -0.1) is 11.3 Å². The van der Waals surface area contributed by atoms with E-state index in [9.17, 15) is 4.79 Å². The second-order valence-corrected chi connectivity index (χ2v) is 4.91. The summed E-state index contributed by atoms with van der Waals surface area (Å²) in [5.74, 6) is 0.248. The second-order valence-electron chi connectivity index (χ2n) is 4.00. The van der Waals surface area contributed by atoms with Gasteiger partial charge in [0.15, 0.2) is 5.78 Å². The average molecular weight is 248 g/mol. The number of Topliss-reactive ketones (excluding diaryl/α,β-unsaturated/α-hetero) is 1. The topological polar surface area (TPSA) is 34.9 Å². The number of aromatic nitrogens is 2. The normalized spacial score (nSPS) is 10.7. The number of carbonyl (C=O) groups excluding carboxylic acids is 1. The molecule has 0 bridgehead atoms. The first kappa shape index (κ1) is 12.0. The van der Waals surface area contributed by atoms with E-state index in [4.69, 9.17) is 0 Å². The molecule has 2 aromatic rings. The molecule has 0 aliphatic carbocycles. The number of aryl methyl sites for hydroxylation is 3. The van der Waals surface area contributed by atoms with Gasteiger partial charge < -0.3 is 0 Å². The van der Waals surface area contributed by atoms with Crippen molar-refractivity contribution in [1.82, 2.24) is 9.78 Å². The highest BCUT2D eigenvalue weighted by Crippen LogP contribution is 2.20. The lowest BCUT2D eigenvalue weighted by atomic mass is 10.1. The van der Waals surface area contributed by atoms with Crippen molar-refractivity contribution in [2.75, 3.05) is 0 Å². The molecule has 2 aromatic heterocycles. The monoisotopic (exact) mass is 248 g/mol. The summed E-state index contributed by atoms with van der Waals surface area (Å²) < 4.78 is 1.82. The van der Waals surface area contributed by atoms with Crippen molar-refractivity contribution in [2.24, 2.45) is 7.05 Å². The van der Waals surface area contributed by atoms with Crippen LogP contribution in [-0.4, -0.2) is 15.6 Å². The van der Waals surface area contributed by atoms with Crippen molar-refractivity contribution in [1.29, 1.82) is 0 Å². The summed E-state index contributed by atoms with van der Waals surface area (Å²) in [5.41, 5.74) is 2.28. The predicted octanol–water partition coefficient (Wildman–Crippen LogP) is 2.86. The van der Waals surface area contributed by atoms with Crippen LogP contribution in [-0.2, 0) is 19.9 Å². The van der Waals surface area contributed by atoms with Gasteiger partial charge in [-0.1, -0.05) is 6.92 Å². The van der Waals surface area contributed by atoms with E-state index >= 15 is 0 Å². The average Bonchev–Trinajstić information content (AvgIpc) is 2.94. The quantitative estimate of drug-likeness (QED) is 0.763. The number of hydrogen-bond acceptors (Lipinski definition) is 3. The Labute approximate surface area is 105 Å². The van der Waals surface area contributed by atoms with E-state index < -0.39 is 0 Å². The third-order valence-corrected chi connectivity index (χ3v) is 3.91. The van der Waals surface area contributed by atoms with Crippen molar-refractivity contribution in [3.63, 3.8) is 0 Å². The lowest BCUT2D eigenvalue weighted by Crippen LogP contribution is -2.04. The van der Waals surface area contributed by atoms with Gasteiger partial charge in [-0.2, -0.15) is 5.10 Å². The molecular weight excluding hydrogens is 232 g/mol. The molecule has 0 unspecified atom stereocenters. The van der Waals surface area contributed by atoms with Crippen LogP contribution in [0.1, 0.15) is 34.3 Å². The third-order valence-electron chi connectivity index (χ3n) is 2.91. The van der Waals surface area contributed by atoms with Gasteiger partial charge >= 0.3 is 0 Å². The van der Waals surface area contributed by atoms with Crippen molar-refractivity contribution in [3.05, 3.63) is 39.8 Å². The first-order chi connectivity index (χ1) is 8.22. The summed E-state index contributed by atoms with van der Waals surface area (Å²) in [7, 11) is 1.91. The first-order valence-corrected chi connectivity index (χ1v) is 6.66. The fraction of sp³-hybridized carbons (Fsp3) is 0.385. The Hall–Kier alpha value is -1.42. The molecule has 0 aromatic carbocycles. The number of thiophene rings is 1. The van der Waals surface area contributed by atoms with Gasteiger partial charge in [0.1, 0.15) is 0 Å². The SMILES string of the molecule is CCc1ccsc1C(=O)CCc1ccnn1C. The number of ketones is 1. The summed E-state index contributed by atoms with van der Waals surface area (Å²) in [4.78, 5) is 13.0. The van der Waals surface area contributed by atoms with E-state index in [0.29, 0.717) is 6.42 Å². The molecule has 0 atom stereocenters. The van der Waals surface area contributed by atoms with Crippen molar-refractivity contribution in [2.45, 2.75) is 26.2 Å². The maximum atomic E-state index is 12.1. The Morgan fingerprint density at radius 2 is 2.29 bits per heavy atom. The minimum absolute atomic E-state index is 0.248. The molecule has 0 aliphatic rings. The van der Waals surface area contributed by atoms with Gasteiger partial charge in [-0.3, -0.25) is 9.48 Å². The second kappa shape index (κ2) is 5.27. The van der Waals surface area contributed by atoms with Crippen LogP contribution in [0.3, 0.4) is 0 Å². The van der Waals surface area contributed by atoms with Crippen LogP contribution in [0.4, 0.5) is 0 Å². The number of nitrogens with zero attached hydrogens (tertiary/aromatic N) is 2. The molecular formula is C13H16N2OS. The predicted molar refractivity (Wildman–Crippen MR) is 69.6 cm³/mol. The van der Waals surface area contributed by atoms with Crippen LogP contribution in [0.5, 0.6) is 0 Å². The minimum atomic E-state index is 0.248. The highest BCUT2D eigenvalue weighted by atomic mass is 32.1. The number of carbonyl (C=O) groups is 1. The molecule has 0 saturated heterocycles. The molecule has 17 heavy (non-hydrogen) atoms. The Bertz CT molecular complexity index is 513. The molecule has 2 rings (SSSR count). The Morgan fingerprint density at radius 1 is 1.47 bits per heavy atom. The van der Waals surface area contributed by atoms with Crippen LogP contribution >= 0.6 is 11.3 Å². The molecule has 0 fully saturated rings. The van der Waals surface area contributed by atoms with Crippen LogP contribution < -0.4 is 0 Å². The number of rotatable bonds is 5. The highest BCUT2D eigenvalue weighted by molar-refractivity contribution is 7.12. The Balaban J connectivity index is 2.01. The maximum Gasteiger partial charge on any atom is 0.173 e. The zero-order chi connectivity index (χ0) is 12.3. The van der Waals surface area contributed by atoms with E-state index in [1.54, 1.807) is 17.5 Å². The highest BCUT2D eigenvalue weighted by Gasteiger charge is 2.12. The van der Waals surface area contributed by atoms with Crippen LogP contribution in [0, 0.1) is 0 Å². The lowest BCUT2D eigenvalue weighted by molar-refractivity contribution is 0.0985. The molecule has 4 heteroatoms. The van der Waals surface area contributed by atoms with E-state index in [-0.39, 0.29) is 5.78 Å². The summed E-state index contributed by atoms with van der Waals surface area (Å²) in [6, 6.07) is 4.00. The summed E-state index contributed by atoms with van der Waals surface area (Å²) in [6.07, 6.45) is 4.02. The lowest BCUT2D eigenvalue weighted by Gasteiger charge is -2.02. The van der Waals surface area contributed by atoms with E-state index in [1.807, 2.05) is 29.2 Å². The van der Waals surface area contributed by atoms with Crippen molar-refractivity contribution in [3.8, 4) is 0 Å². The molecule has 2 heterocycles. The third kappa shape index (κ3) is 2.64. The summed E-state index contributed by atoms with van der Waals surface area (Å²) >= 11 is 1.55.